The standard InChI is InChI=1S/C22H40N8O9/c23-10-2-1-4-13(20(37)30-15(21(38)39)7-9-17(33)34)29-19(36)14(5-3-11-27-22(25)26)28-18(35)12(24)6-8-16(31)32/h12-15H,1-11,23-24H2,(H,28,35)(H,29,36)(H,30,37)(H,31,32)(H,33,34)(H,38,39)(H4,25,26,27). The predicted molar refractivity (Wildman–Crippen MR) is 138 cm³/mol. The van der Waals surface area contributed by atoms with Crippen molar-refractivity contribution in [1.82, 2.24) is 16.0 Å². The molecule has 0 aromatic heterocycles. The number of carboxylic acid groups (broad SMARTS) is 3. The fourth-order valence-corrected chi connectivity index (χ4v) is 3.29. The molecule has 0 aromatic carbocycles. The number of nitrogens with one attached hydrogen (secondary N) is 3. The number of nitrogens with two attached hydrogens (primary N) is 4. The highest BCUT2D eigenvalue weighted by molar-refractivity contribution is 5.94. The van der Waals surface area contributed by atoms with Gasteiger partial charge in [-0.1, -0.05) is 0 Å². The van der Waals surface area contributed by atoms with Crippen molar-refractivity contribution in [3.8, 4) is 0 Å². The van der Waals surface area contributed by atoms with Gasteiger partial charge in [-0.3, -0.25) is 29.0 Å². The first-order valence-corrected chi connectivity index (χ1v) is 12.4. The zero-order valence-corrected chi connectivity index (χ0v) is 21.6. The third kappa shape index (κ3) is 16.5. The van der Waals surface area contributed by atoms with Crippen LogP contribution in [0.4, 0.5) is 0 Å². The zero-order chi connectivity index (χ0) is 30.0. The van der Waals surface area contributed by atoms with E-state index in [1.807, 2.05) is 0 Å². The molecule has 14 N–H and O–H groups in total. The van der Waals surface area contributed by atoms with Gasteiger partial charge in [-0.15, -0.1) is 0 Å². The van der Waals surface area contributed by atoms with E-state index in [0.29, 0.717) is 19.4 Å². The maximum Gasteiger partial charge on any atom is 0.326 e. The molecule has 17 heteroatoms. The third-order valence-electron chi connectivity index (χ3n) is 5.43. The van der Waals surface area contributed by atoms with Crippen LogP contribution in [0, 0.1) is 0 Å². The second kappa shape index (κ2) is 19.1. The smallest absolute Gasteiger partial charge is 0.326 e. The summed E-state index contributed by atoms with van der Waals surface area (Å²) in [5.41, 5.74) is 21.8. The number of nitrogens with zero attached hydrogens (tertiary/aromatic N) is 1. The maximum atomic E-state index is 13.1. The second-order valence-corrected chi connectivity index (χ2v) is 8.73. The van der Waals surface area contributed by atoms with E-state index in [1.54, 1.807) is 0 Å². The fraction of sp³-hybridized carbons (Fsp3) is 0.682. The number of guanidine groups is 1. The largest absolute Gasteiger partial charge is 0.481 e. The highest BCUT2D eigenvalue weighted by Gasteiger charge is 2.30. The SMILES string of the molecule is NCCCCC(NC(=O)C(CCCN=C(N)N)NC(=O)C(N)CCC(=O)O)C(=O)NC(CCC(=O)O)C(=O)O. The summed E-state index contributed by atoms with van der Waals surface area (Å²) < 4.78 is 0. The van der Waals surface area contributed by atoms with Crippen molar-refractivity contribution in [2.24, 2.45) is 27.9 Å². The average molecular weight is 561 g/mol. The Balaban J connectivity index is 5.66. The van der Waals surface area contributed by atoms with Crippen LogP contribution in [-0.2, 0) is 28.8 Å². The first-order chi connectivity index (χ1) is 18.3. The predicted octanol–water partition coefficient (Wildman–Crippen LogP) is -3.24. The summed E-state index contributed by atoms with van der Waals surface area (Å²) in [5, 5.41) is 34.2. The lowest BCUT2D eigenvalue weighted by Gasteiger charge is -2.25. The Morgan fingerprint density at radius 1 is 0.667 bits per heavy atom. The molecule has 3 amide bonds. The molecule has 0 radical (unpaired) electrons. The van der Waals surface area contributed by atoms with Gasteiger partial charge in [-0.25, -0.2) is 4.79 Å². The molecule has 0 aliphatic heterocycles. The van der Waals surface area contributed by atoms with E-state index in [2.05, 4.69) is 20.9 Å². The van der Waals surface area contributed by atoms with Crippen LogP contribution in [0.2, 0.25) is 0 Å². The van der Waals surface area contributed by atoms with Crippen molar-refractivity contribution in [2.75, 3.05) is 13.1 Å². The summed E-state index contributed by atoms with van der Waals surface area (Å²) in [6.45, 7) is 0.424. The van der Waals surface area contributed by atoms with E-state index in [-0.39, 0.29) is 51.0 Å². The van der Waals surface area contributed by atoms with Gasteiger partial charge in [0.15, 0.2) is 5.96 Å². The number of carbonyl (C=O) groups is 6. The van der Waals surface area contributed by atoms with Gasteiger partial charge in [0.25, 0.3) is 0 Å². The molecule has 0 heterocycles. The fourth-order valence-electron chi connectivity index (χ4n) is 3.29. The molecule has 0 spiro atoms. The number of aliphatic carboxylic acids is 3. The van der Waals surface area contributed by atoms with Gasteiger partial charge >= 0.3 is 17.9 Å². The molecule has 222 valence electrons. The highest BCUT2D eigenvalue weighted by Crippen LogP contribution is 2.07. The van der Waals surface area contributed by atoms with Gasteiger partial charge in [0, 0.05) is 19.4 Å². The number of carboxylic acids is 3. The molecule has 4 unspecified atom stereocenters. The van der Waals surface area contributed by atoms with Crippen LogP contribution >= 0.6 is 0 Å². The Morgan fingerprint density at radius 2 is 1.15 bits per heavy atom. The van der Waals surface area contributed by atoms with E-state index in [0.717, 1.165) is 0 Å². The summed E-state index contributed by atoms with van der Waals surface area (Å²) in [6, 6.07) is -5.17. The molecular formula is C22H40N8O9. The van der Waals surface area contributed by atoms with Crippen molar-refractivity contribution in [1.29, 1.82) is 0 Å². The van der Waals surface area contributed by atoms with Gasteiger partial charge < -0.3 is 54.2 Å². The monoisotopic (exact) mass is 560 g/mol. The van der Waals surface area contributed by atoms with E-state index in [9.17, 15) is 33.9 Å². The highest BCUT2D eigenvalue weighted by atomic mass is 16.4. The summed E-state index contributed by atoms with van der Waals surface area (Å²) in [6.07, 6.45) is -0.208. The van der Waals surface area contributed by atoms with Crippen LogP contribution in [0.5, 0.6) is 0 Å². The molecule has 0 aliphatic rings. The lowest BCUT2D eigenvalue weighted by atomic mass is 10.0. The van der Waals surface area contributed by atoms with E-state index >= 15 is 0 Å². The minimum Gasteiger partial charge on any atom is -0.481 e. The molecule has 39 heavy (non-hydrogen) atoms. The van der Waals surface area contributed by atoms with E-state index < -0.39 is 66.2 Å². The molecule has 0 rings (SSSR count). The van der Waals surface area contributed by atoms with Crippen molar-refractivity contribution in [3.05, 3.63) is 0 Å². The van der Waals surface area contributed by atoms with E-state index in [1.165, 1.54) is 0 Å². The van der Waals surface area contributed by atoms with Crippen LogP contribution < -0.4 is 38.9 Å². The quantitative estimate of drug-likeness (QED) is 0.0375. The number of hydrogen-bond acceptors (Lipinski definition) is 9. The number of carbonyl (C=O) groups excluding carboxylic acids is 3. The van der Waals surface area contributed by atoms with Gasteiger partial charge in [-0.05, 0) is 51.5 Å². The van der Waals surface area contributed by atoms with Crippen LogP contribution in [0.15, 0.2) is 4.99 Å². The summed E-state index contributed by atoms with van der Waals surface area (Å²) in [5.74, 6) is -6.46. The first-order valence-electron chi connectivity index (χ1n) is 12.4. The van der Waals surface area contributed by atoms with Crippen molar-refractivity contribution >= 4 is 41.6 Å². The van der Waals surface area contributed by atoms with Gasteiger partial charge in [-0.2, -0.15) is 0 Å². The molecule has 0 aromatic rings. The third-order valence-corrected chi connectivity index (χ3v) is 5.43. The Morgan fingerprint density at radius 3 is 1.64 bits per heavy atom. The van der Waals surface area contributed by atoms with E-state index in [4.69, 9.17) is 33.1 Å². The number of aliphatic imine (C=N–C) groups is 1. The summed E-state index contributed by atoms with van der Waals surface area (Å²) in [7, 11) is 0. The van der Waals surface area contributed by atoms with Crippen molar-refractivity contribution in [3.63, 3.8) is 0 Å². The number of amides is 3. The molecule has 0 fully saturated rings. The topological polar surface area (TPSA) is 316 Å². The molecule has 4 atom stereocenters. The zero-order valence-electron chi connectivity index (χ0n) is 21.6. The molecule has 0 saturated carbocycles. The minimum absolute atomic E-state index is 0.0213. The normalized spacial score (nSPS) is 13.7. The lowest BCUT2D eigenvalue weighted by molar-refractivity contribution is -0.143. The average Bonchev–Trinajstić information content (AvgIpc) is 2.85. The number of unbranched alkanes of at least 4 members (excludes halogenated alkanes) is 1. The lowest BCUT2D eigenvalue weighted by Crippen LogP contribution is -2.57. The number of hydrogen-bond donors (Lipinski definition) is 10. The Labute approximate surface area is 225 Å². The first kappa shape index (κ1) is 35.0. The van der Waals surface area contributed by atoms with Gasteiger partial charge in [0.2, 0.25) is 17.7 Å². The molecule has 0 aliphatic carbocycles. The Kier molecular flexibility index (Phi) is 17.2. The van der Waals surface area contributed by atoms with Crippen LogP contribution in [0.25, 0.3) is 0 Å². The Bertz CT molecular complexity index is 880. The van der Waals surface area contributed by atoms with Gasteiger partial charge in [0.1, 0.15) is 18.1 Å². The minimum atomic E-state index is -1.51. The van der Waals surface area contributed by atoms with Crippen molar-refractivity contribution < 1.29 is 44.1 Å². The number of rotatable bonds is 21. The Hall–Kier alpha value is -3.99. The molecule has 0 saturated heterocycles. The van der Waals surface area contributed by atoms with Crippen LogP contribution in [0.1, 0.15) is 57.8 Å². The van der Waals surface area contributed by atoms with Crippen molar-refractivity contribution in [2.45, 2.75) is 82.0 Å². The molecule has 17 nitrogen and oxygen atoms in total. The van der Waals surface area contributed by atoms with Gasteiger partial charge in [0.05, 0.1) is 6.04 Å². The molecular weight excluding hydrogens is 520 g/mol. The maximum absolute atomic E-state index is 13.1. The summed E-state index contributed by atoms with van der Waals surface area (Å²) >= 11 is 0. The molecule has 0 bridgehead atoms. The van der Waals surface area contributed by atoms with Crippen LogP contribution in [0.3, 0.4) is 0 Å². The van der Waals surface area contributed by atoms with Crippen LogP contribution in [-0.4, -0.2) is 94.2 Å². The second-order valence-electron chi connectivity index (χ2n) is 8.73. The summed E-state index contributed by atoms with van der Waals surface area (Å²) in [4.78, 5) is 75.4.